The molecule has 2 heterocycles. The van der Waals surface area contributed by atoms with E-state index in [0.29, 0.717) is 5.92 Å². The molecule has 1 atom stereocenters. The van der Waals surface area contributed by atoms with Gasteiger partial charge in [-0.1, -0.05) is 39.0 Å². The summed E-state index contributed by atoms with van der Waals surface area (Å²) in [7, 11) is 0. The Labute approximate surface area is 133 Å². The molecule has 1 unspecified atom stereocenters. The van der Waals surface area contributed by atoms with E-state index in [0.717, 1.165) is 18.7 Å². The molecule has 2 aromatic rings. The number of rotatable bonds is 3. The van der Waals surface area contributed by atoms with Gasteiger partial charge in [0.1, 0.15) is 0 Å². The Morgan fingerprint density at radius 3 is 2.64 bits per heavy atom. The summed E-state index contributed by atoms with van der Waals surface area (Å²) in [5.74, 6) is 0.717. The molecule has 0 amide bonds. The molecule has 1 aliphatic rings. The molecule has 0 saturated carbocycles. The molecule has 3 nitrogen and oxygen atoms in total. The maximum atomic E-state index is 4.71. The van der Waals surface area contributed by atoms with E-state index >= 15 is 0 Å². The van der Waals surface area contributed by atoms with Gasteiger partial charge in [0, 0.05) is 5.69 Å². The highest BCUT2D eigenvalue weighted by molar-refractivity contribution is 5.37. The molecule has 0 spiro atoms. The minimum Gasteiger partial charge on any atom is -0.316 e. The second kappa shape index (κ2) is 6.25. The van der Waals surface area contributed by atoms with Gasteiger partial charge < -0.3 is 5.32 Å². The average molecular weight is 297 g/mol. The number of benzene rings is 1. The van der Waals surface area contributed by atoms with Crippen molar-refractivity contribution in [2.45, 2.75) is 45.4 Å². The van der Waals surface area contributed by atoms with Crippen LogP contribution in [0.1, 0.15) is 44.9 Å². The molecule has 118 valence electrons. The molecule has 1 aromatic carbocycles. The number of hydrogen-bond acceptors (Lipinski definition) is 2. The summed E-state index contributed by atoms with van der Waals surface area (Å²) >= 11 is 0. The summed E-state index contributed by atoms with van der Waals surface area (Å²) in [5, 5.41) is 8.25. The lowest BCUT2D eigenvalue weighted by Crippen LogP contribution is -2.32. The second-order valence-corrected chi connectivity index (χ2v) is 7.42. The van der Waals surface area contributed by atoms with Crippen molar-refractivity contribution in [2.24, 2.45) is 5.92 Å². The van der Waals surface area contributed by atoms with E-state index in [9.17, 15) is 0 Å². The zero-order valence-corrected chi connectivity index (χ0v) is 14.0. The lowest BCUT2D eigenvalue weighted by Gasteiger charge is -2.26. The predicted molar refractivity (Wildman–Crippen MR) is 91.6 cm³/mol. The predicted octanol–water partition coefficient (Wildman–Crippen LogP) is 3.71. The van der Waals surface area contributed by atoms with Gasteiger partial charge >= 0.3 is 0 Å². The SMILES string of the molecule is CC(C)(C)c1cnn(-c2ccccc2)c1CC1CCCNC1. The lowest BCUT2D eigenvalue weighted by molar-refractivity contribution is 0.369. The first-order valence-corrected chi connectivity index (χ1v) is 8.39. The molecule has 22 heavy (non-hydrogen) atoms. The fourth-order valence-corrected chi connectivity index (χ4v) is 3.36. The first kappa shape index (κ1) is 15.3. The van der Waals surface area contributed by atoms with Crippen molar-refractivity contribution >= 4 is 0 Å². The number of aromatic nitrogens is 2. The molecule has 1 fully saturated rings. The Balaban J connectivity index is 1.98. The van der Waals surface area contributed by atoms with Crippen molar-refractivity contribution in [3.05, 3.63) is 47.8 Å². The van der Waals surface area contributed by atoms with Gasteiger partial charge in [0.25, 0.3) is 0 Å². The lowest BCUT2D eigenvalue weighted by atomic mass is 9.84. The normalized spacial score (nSPS) is 19.3. The molecular weight excluding hydrogens is 270 g/mol. The standard InChI is InChI=1S/C19H27N3/c1-19(2,3)17-14-21-22(16-9-5-4-6-10-16)18(17)12-15-8-7-11-20-13-15/h4-6,9-10,14-15,20H,7-8,11-13H2,1-3H3. The van der Waals surface area contributed by atoms with Crippen LogP contribution in [-0.2, 0) is 11.8 Å². The topological polar surface area (TPSA) is 29.9 Å². The summed E-state index contributed by atoms with van der Waals surface area (Å²) in [6.45, 7) is 9.13. The van der Waals surface area contributed by atoms with Crippen LogP contribution in [0.25, 0.3) is 5.69 Å². The monoisotopic (exact) mass is 297 g/mol. The quantitative estimate of drug-likeness (QED) is 0.936. The van der Waals surface area contributed by atoms with Crippen molar-refractivity contribution in [3.63, 3.8) is 0 Å². The Morgan fingerprint density at radius 2 is 2.00 bits per heavy atom. The maximum absolute atomic E-state index is 4.71. The smallest absolute Gasteiger partial charge is 0.0648 e. The van der Waals surface area contributed by atoms with Crippen molar-refractivity contribution in [1.29, 1.82) is 0 Å². The fourth-order valence-electron chi connectivity index (χ4n) is 3.36. The van der Waals surface area contributed by atoms with E-state index in [1.807, 2.05) is 0 Å². The minimum absolute atomic E-state index is 0.129. The molecular formula is C19H27N3. The summed E-state index contributed by atoms with van der Waals surface area (Å²) in [4.78, 5) is 0. The van der Waals surface area contributed by atoms with E-state index in [1.165, 1.54) is 30.6 Å². The van der Waals surface area contributed by atoms with Crippen molar-refractivity contribution < 1.29 is 0 Å². The highest BCUT2D eigenvalue weighted by Gasteiger charge is 2.25. The van der Waals surface area contributed by atoms with Crippen LogP contribution in [0.2, 0.25) is 0 Å². The summed E-state index contributed by atoms with van der Waals surface area (Å²) in [5.41, 5.74) is 4.05. The van der Waals surface area contributed by atoms with Crippen LogP contribution < -0.4 is 5.32 Å². The fraction of sp³-hybridized carbons (Fsp3) is 0.526. The van der Waals surface area contributed by atoms with Crippen LogP contribution in [0.5, 0.6) is 0 Å². The molecule has 1 aliphatic heterocycles. The molecule has 0 bridgehead atoms. The van der Waals surface area contributed by atoms with Gasteiger partial charge in [-0.15, -0.1) is 0 Å². The Kier molecular flexibility index (Phi) is 4.34. The van der Waals surface area contributed by atoms with Crippen LogP contribution >= 0.6 is 0 Å². The first-order valence-electron chi connectivity index (χ1n) is 8.39. The highest BCUT2D eigenvalue weighted by Crippen LogP contribution is 2.30. The van der Waals surface area contributed by atoms with Crippen LogP contribution in [0.4, 0.5) is 0 Å². The second-order valence-electron chi connectivity index (χ2n) is 7.42. The number of hydrogen-bond donors (Lipinski definition) is 1. The molecule has 3 rings (SSSR count). The van der Waals surface area contributed by atoms with Crippen LogP contribution in [0.15, 0.2) is 36.5 Å². The molecule has 0 radical (unpaired) electrons. The van der Waals surface area contributed by atoms with Crippen LogP contribution in [0.3, 0.4) is 0 Å². The summed E-state index contributed by atoms with van der Waals surface area (Å²) in [6, 6.07) is 10.5. The van der Waals surface area contributed by atoms with Crippen molar-refractivity contribution in [3.8, 4) is 5.69 Å². The number of nitrogens with zero attached hydrogens (tertiary/aromatic N) is 2. The third kappa shape index (κ3) is 3.25. The van der Waals surface area contributed by atoms with Gasteiger partial charge in [-0.3, -0.25) is 0 Å². The summed E-state index contributed by atoms with van der Waals surface area (Å²) < 4.78 is 2.15. The number of nitrogens with one attached hydrogen (secondary N) is 1. The Bertz CT molecular complexity index is 601. The van der Waals surface area contributed by atoms with Gasteiger partial charge in [0.05, 0.1) is 11.9 Å². The van der Waals surface area contributed by atoms with Crippen molar-refractivity contribution in [1.82, 2.24) is 15.1 Å². The van der Waals surface area contributed by atoms with E-state index in [4.69, 9.17) is 5.10 Å². The Morgan fingerprint density at radius 1 is 1.23 bits per heavy atom. The largest absolute Gasteiger partial charge is 0.316 e. The molecule has 1 saturated heterocycles. The first-order chi connectivity index (χ1) is 10.6. The van der Waals surface area contributed by atoms with Crippen LogP contribution in [-0.4, -0.2) is 22.9 Å². The van der Waals surface area contributed by atoms with E-state index in [2.05, 4.69) is 67.3 Å². The minimum atomic E-state index is 0.129. The molecule has 3 heteroatoms. The van der Waals surface area contributed by atoms with Gasteiger partial charge in [-0.2, -0.15) is 5.10 Å². The van der Waals surface area contributed by atoms with Crippen molar-refractivity contribution in [2.75, 3.05) is 13.1 Å². The highest BCUT2D eigenvalue weighted by atomic mass is 15.3. The van der Waals surface area contributed by atoms with E-state index in [-0.39, 0.29) is 5.41 Å². The summed E-state index contributed by atoms with van der Waals surface area (Å²) in [6.07, 6.45) is 5.78. The number of para-hydroxylation sites is 1. The van der Waals surface area contributed by atoms with Gasteiger partial charge in [0.2, 0.25) is 0 Å². The Hall–Kier alpha value is -1.61. The van der Waals surface area contributed by atoms with Gasteiger partial charge in [-0.05, 0) is 61.4 Å². The van der Waals surface area contributed by atoms with Gasteiger partial charge in [-0.25, -0.2) is 4.68 Å². The maximum Gasteiger partial charge on any atom is 0.0648 e. The zero-order valence-electron chi connectivity index (χ0n) is 14.0. The van der Waals surface area contributed by atoms with E-state index in [1.54, 1.807) is 0 Å². The third-order valence-corrected chi connectivity index (χ3v) is 4.56. The van der Waals surface area contributed by atoms with E-state index < -0.39 is 0 Å². The molecule has 1 aromatic heterocycles. The third-order valence-electron chi connectivity index (χ3n) is 4.56. The van der Waals surface area contributed by atoms with Crippen LogP contribution in [0, 0.1) is 5.92 Å². The number of piperidine rings is 1. The average Bonchev–Trinajstić information content (AvgIpc) is 2.93. The molecule has 0 aliphatic carbocycles. The zero-order chi connectivity index (χ0) is 15.6. The molecule has 1 N–H and O–H groups in total. The van der Waals surface area contributed by atoms with Gasteiger partial charge in [0.15, 0.2) is 0 Å².